The van der Waals surface area contributed by atoms with Crippen molar-refractivity contribution in [2.75, 3.05) is 0 Å². The molecule has 1 heterocycles. The molecule has 0 radical (unpaired) electrons. The third-order valence-electron chi connectivity index (χ3n) is 9.51. The summed E-state index contributed by atoms with van der Waals surface area (Å²) >= 11 is 0. The van der Waals surface area contributed by atoms with E-state index in [-0.39, 0.29) is 0 Å². The smallest absolute Gasteiger partial charge is 0.0991 e. The Kier molecular flexibility index (Phi) is 6.56. The third-order valence-corrected chi connectivity index (χ3v) is 9.51. The Bertz CT molecular complexity index is 2700. The van der Waals surface area contributed by atoms with E-state index in [1.165, 1.54) is 43.6 Å². The van der Waals surface area contributed by atoms with Crippen LogP contribution in [-0.4, -0.2) is 4.98 Å². The summed E-state index contributed by atoms with van der Waals surface area (Å²) < 4.78 is 0. The van der Waals surface area contributed by atoms with Crippen LogP contribution in [0.15, 0.2) is 170 Å². The van der Waals surface area contributed by atoms with Gasteiger partial charge in [0, 0.05) is 16.3 Å². The van der Waals surface area contributed by atoms with Gasteiger partial charge in [-0.25, -0.2) is 4.98 Å². The highest BCUT2D eigenvalue weighted by Gasteiger charge is 2.18. The van der Waals surface area contributed by atoms with Crippen LogP contribution in [0.25, 0.3) is 87.9 Å². The molecule has 2 heteroatoms. The van der Waals surface area contributed by atoms with Crippen molar-refractivity contribution in [2.45, 2.75) is 0 Å². The van der Waals surface area contributed by atoms with Crippen LogP contribution in [0.5, 0.6) is 0 Å². The van der Waals surface area contributed by atoms with Crippen LogP contribution < -0.4 is 0 Å². The van der Waals surface area contributed by atoms with E-state index in [9.17, 15) is 5.26 Å². The molecular formula is C46H28N2. The van der Waals surface area contributed by atoms with Crippen LogP contribution in [-0.2, 0) is 0 Å². The molecule has 222 valence electrons. The van der Waals surface area contributed by atoms with E-state index in [1.807, 2.05) is 24.3 Å². The van der Waals surface area contributed by atoms with Crippen LogP contribution in [0.2, 0.25) is 0 Å². The first-order chi connectivity index (χ1) is 23.7. The molecule has 0 saturated heterocycles. The first kappa shape index (κ1) is 27.7. The maximum Gasteiger partial charge on any atom is 0.0991 e. The van der Waals surface area contributed by atoms with Crippen molar-refractivity contribution < 1.29 is 0 Å². The first-order valence-electron chi connectivity index (χ1n) is 16.2. The number of nitrogens with zero attached hydrogens (tertiary/aromatic N) is 2. The SMILES string of the molecule is N#Cc1ccc(-c2ccc(-c3cc4c(-c5cccc6ccccc56)cc(-c5cccc6ccccc56)nc4c4ccccc34)cc2)cc1. The fourth-order valence-electron chi connectivity index (χ4n) is 7.14. The number of hydrogen-bond donors (Lipinski definition) is 0. The molecule has 8 aromatic carbocycles. The summed E-state index contributed by atoms with van der Waals surface area (Å²) in [5.74, 6) is 0. The summed E-state index contributed by atoms with van der Waals surface area (Å²) in [6.07, 6.45) is 0. The number of rotatable bonds is 4. The van der Waals surface area contributed by atoms with Gasteiger partial charge in [-0.1, -0.05) is 146 Å². The summed E-state index contributed by atoms with van der Waals surface area (Å²) in [7, 11) is 0. The van der Waals surface area contributed by atoms with Gasteiger partial charge in [0.25, 0.3) is 0 Å². The number of hydrogen-bond acceptors (Lipinski definition) is 2. The second-order valence-electron chi connectivity index (χ2n) is 12.2. The van der Waals surface area contributed by atoms with E-state index in [2.05, 4.69) is 152 Å². The molecule has 0 N–H and O–H groups in total. The van der Waals surface area contributed by atoms with Crippen molar-refractivity contribution in [3.05, 3.63) is 175 Å². The predicted octanol–water partition coefficient (Wildman–Crippen LogP) is 12.2. The van der Waals surface area contributed by atoms with E-state index in [0.29, 0.717) is 5.56 Å². The van der Waals surface area contributed by atoms with Gasteiger partial charge in [0.1, 0.15) is 0 Å². The van der Waals surface area contributed by atoms with E-state index in [1.54, 1.807) is 0 Å². The molecule has 48 heavy (non-hydrogen) atoms. The summed E-state index contributed by atoms with van der Waals surface area (Å²) in [6, 6.07) is 62.2. The van der Waals surface area contributed by atoms with Crippen LogP contribution in [0.3, 0.4) is 0 Å². The highest BCUT2D eigenvalue weighted by atomic mass is 14.7. The minimum atomic E-state index is 0.664. The number of benzene rings is 8. The quantitative estimate of drug-likeness (QED) is 0.186. The fraction of sp³-hybridized carbons (Fsp3) is 0. The Labute approximate surface area is 278 Å². The normalized spacial score (nSPS) is 11.3. The maximum absolute atomic E-state index is 9.23. The molecule has 0 fully saturated rings. The van der Waals surface area contributed by atoms with Crippen molar-refractivity contribution in [1.82, 2.24) is 4.98 Å². The third kappa shape index (κ3) is 4.61. The number of fused-ring (bicyclic) bond motifs is 5. The van der Waals surface area contributed by atoms with Gasteiger partial charge in [0.2, 0.25) is 0 Å². The van der Waals surface area contributed by atoms with Gasteiger partial charge in [0.15, 0.2) is 0 Å². The standard InChI is InChI=1S/C46H28N2/c47-29-30-19-21-31(22-20-30)32-23-25-35(26-24-32)42-27-44-43(38-17-7-11-33-9-1-3-13-36(33)38)28-45(48-46(44)41-16-6-5-15-39(41)42)40-18-8-12-34-10-2-4-14-37(34)40/h1-28H. The lowest BCUT2D eigenvalue weighted by molar-refractivity contribution is 1.42. The Morgan fingerprint density at radius 2 is 0.896 bits per heavy atom. The van der Waals surface area contributed by atoms with Crippen LogP contribution in [0, 0.1) is 11.3 Å². The Hall–Kier alpha value is -6.56. The fourth-order valence-corrected chi connectivity index (χ4v) is 7.14. The number of aromatic nitrogens is 1. The van der Waals surface area contributed by atoms with Crippen molar-refractivity contribution in [3.8, 4) is 50.7 Å². The molecule has 1 aromatic heterocycles. The highest BCUT2D eigenvalue weighted by molar-refractivity contribution is 6.18. The second-order valence-corrected chi connectivity index (χ2v) is 12.2. The lowest BCUT2D eigenvalue weighted by Gasteiger charge is -2.17. The molecule has 0 amide bonds. The molecule has 0 aliphatic heterocycles. The molecule has 2 nitrogen and oxygen atoms in total. The summed E-state index contributed by atoms with van der Waals surface area (Å²) in [4.78, 5) is 5.47. The Balaban J connectivity index is 1.33. The van der Waals surface area contributed by atoms with Crippen LogP contribution >= 0.6 is 0 Å². The molecule has 0 spiro atoms. The Morgan fingerprint density at radius 3 is 1.56 bits per heavy atom. The van der Waals surface area contributed by atoms with Gasteiger partial charge >= 0.3 is 0 Å². The van der Waals surface area contributed by atoms with Crippen molar-refractivity contribution in [1.29, 1.82) is 5.26 Å². The zero-order valence-electron chi connectivity index (χ0n) is 26.1. The zero-order valence-corrected chi connectivity index (χ0v) is 26.1. The molecule has 0 atom stereocenters. The topological polar surface area (TPSA) is 36.7 Å². The lowest BCUT2D eigenvalue weighted by atomic mass is 9.89. The molecule has 9 aromatic rings. The molecule has 0 saturated carbocycles. The van der Waals surface area contributed by atoms with Crippen molar-refractivity contribution >= 4 is 43.2 Å². The number of pyridine rings is 1. The first-order valence-corrected chi connectivity index (χ1v) is 16.2. The number of nitriles is 1. The maximum atomic E-state index is 9.23. The Morgan fingerprint density at radius 1 is 0.375 bits per heavy atom. The van der Waals surface area contributed by atoms with Gasteiger partial charge in [-0.2, -0.15) is 5.26 Å². The molecular weight excluding hydrogens is 581 g/mol. The van der Waals surface area contributed by atoms with Gasteiger partial charge in [0.05, 0.1) is 22.8 Å². The van der Waals surface area contributed by atoms with Gasteiger partial charge in [-0.05, 0) is 84.6 Å². The average molecular weight is 609 g/mol. The summed E-state index contributed by atoms with van der Waals surface area (Å²) in [5, 5.41) is 17.5. The summed E-state index contributed by atoms with van der Waals surface area (Å²) in [5.41, 5.74) is 10.6. The summed E-state index contributed by atoms with van der Waals surface area (Å²) in [6.45, 7) is 0. The van der Waals surface area contributed by atoms with E-state index >= 15 is 0 Å². The minimum Gasteiger partial charge on any atom is -0.247 e. The average Bonchev–Trinajstić information content (AvgIpc) is 3.17. The van der Waals surface area contributed by atoms with E-state index in [4.69, 9.17) is 4.98 Å². The van der Waals surface area contributed by atoms with Gasteiger partial charge in [-0.3, -0.25) is 0 Å². The van der Waals surface area contributed by atoms with Crippen LogP contribution in [0.1, 0.15) is 5.56 Å². The molecule has 0 aliphatic rings. The largest absolute Gasteiger partial charge is 0.247 e. The van der Waals surface area contributed by atoms with E-state index < -0.39 is 0 Å². The monoisotopic (exact) mass is 608 g/mol. The molecule has 0 bridgehead atoms. The minimum absolute atomic E-state index is 0.664. The predicted molar refractivity (Wildman–Crippen MR) is 201 cm³/mol. The van der Waals surface area contributed by atoms with Gasteiger partial charge < -0.3 is 0 Å². The molecule has 0 unspecified atom stereocenters. The van der Waals surface area contributed by atoms with Crippen LogP contribution in [0.4, 0.5) is 0 Å². The second kappa shape index (κ2) is 11.4. The van der Waals surface area contributed by atoms with Gasteiger partial charge in [-0.15, -0.1) is 0 Å². The zero-order chi connectivity index (χ0) is 32.0. The van der Waals surface area contributed by atoms with Crippen molar-refractivity contribution in [3.63, 3.8) is 0 Å². The lowest BCUT2D eigenvalue weighted by Crippen LogP contribution is -1.94. The van der Waals surface area contributed by atoms with Crippen molar-refractivity contribution in [2.24, 2.45) is 0 Å². The highest BCUT2D eigenvalue weighted by Crippen LogP contribution is 2.43. The van der Waals surface area contributed by atoms with E-state index in [0.717, 1.165) is 44.2 Å². The molecule has 0 aliphatic carbocycles. The molecule has 9 rings (SSSR count).